The van der Waals surface area contributed by atoms with Gasteiger partial charge in [-0.1, -0.05) is 23.7 Å². The molecule has 0 aromatic heterocycles. The number of benzene rings is 2. The summed E-state index contributed by atoms with van der Waals surface area (Å²) in [4.78, 5) is 43.1. The van der Waals surface area contributed by atoms with E-state index in [2.05, 4.69) is 0 Å². The Labute approximate surface area is 235 Å². The second-order valence-electron chi connectivity index (χ2n) is 11.0. The number of hydrogen-bond donors (Lipinski definition) is 5. The number of ketones is 2. The minimum Gasteiger partial charge on any atom is -0.510 e. The third-order valence-corrected chi connectivity index (χ3v) is 8.59. The average Bonchev–Trinajstić information content (AvgIpc) is 2.86. The van der Waals surface area contributed by atoms with E-state index in [4.69, 9.17) is 17.3 Å². The molecule has 0 aliphatic heterocycles. The molecular weight excluding hydrogens is 538 g/mol. The number of rotatable bonds is 4. The van der Waals surface area contributed by atoms with E-state index in [1.54, 1.807) is 58.5 Å². The summed E-state index contributed by atoms with van der Waals surface area (Å²) >= 11 is 6.04. The molecule has 10 nitrogen and oxygen atoms in total. The summed E-state index contributed by atoms with van der Waals surface area (Å²) in [6, 6.07) is 7.46. The largest absolute Gasteiger partial charge is 0.510 e. The molecular formula is C29H30ClN3O7. The van der Waals surface area contributed by atoms with Gasteiger partial charge in [0.15, 0.2) is 11.4 Å². The van der Waals surface area contributed by atoms with Gasteiger partial charge in [0.1, 0.15) is 22.8 Å². The Hall–Kier alpha value is -3.86. The van der Waals surface area contributed by atoms with E-state index in [0.29, 0.717) is 27.4 Å². The van der Waals surface area contributed by atoms with Gasteiger partial charge in [-0.15, -0.1) is 0 Å². The molecule has 0 bridgehead atoms. The van der Waals surface area contributed by atoms with Crippen LogP contribution in [0.1, 0.15) is 22.3 Å². The van der Waals surface area contributed by atoms with Crippen molar-refractivity contribution < 1.29 is 34.8 Å². The molecule has 6 N–H and O–H groups in total. The molecule has 40 heavy (non-hydrogen) atoms. The first-order chi connectivity index (χ1) is 18.7. The maximum Gasteiger partial charge on any atom is 0.255 e. The molecule has 0 saturated heterocycles. The lowest BCUT2D eigenvalue weighted by molar-refractivity contribution is -0.148. The van der Waals surface area contributed by atoms with Crippen molar-refractivity contribution in [1.29, 1.82) is 0 Å². The number of Topliss-reactive ketones (excluding diaryl/α,β-unsaturated/α-hetero) is 2. The number of aliphatic hydroxyl groups is 3. The molecule has 0 radical (unpaired) electrons. The zero-order valence-corrected chi connectivity index (χ0v) is 23.2. The van der Waals surface area contributed by atoms with Crippen molar-refractivity contribution in [2.75, 3.05) is 33.1 Å². The van der Waals surface area contributed by atoms with E-state index in [1.807, 2.05) is 4.90 Å². The van der Waals surface area contributed by atoms with Crippen molar-refractivity contribution in [3.63, 3.8) is 0 Å². The summed E-state index contributed by atoms with van der Waals surface area (Å²) < 4.78 is 0. The van der Waals surface area contributed by atoms with Crippen LogP contribution in [0.3, 0.4) is 0 Å². The van der Waals surface area contributed by atoms with E-state index >= 15 is 0 Å². The smallest absolute Gasteiger partial charge is 0.255 e. The highest BCUT2D eigenvalue weighted by atomic mass is 35.5. The summed E-state index contributed by atoms with van der Waals surface area (Å²) in [5, 5.41) is 46.1. The molecule has 2 aromatic rings. The Morgan fingerprint density at radius 2 is 1.70 bits per heavy atom. The first-order valence-corrected chi connectivity index (χ1v) is 13.1. The number of primary amides is 1. The van der Waals surface area contributed by atoms with Crippen LogP contribution in [0.2, 0.25) is 5.02 Å². The normalized spacial score (nSPS) is 26.0. The summed E-state index contributed by atoms with van der Waals surface area (Å²) in [5.41, 5.74) is 3.82. The summed E-state index contributed by atoms with van der Waals surface area (Å²) in [6.45, 7) is 0. The van der Waals surface area contributed by atoms with Crippen LogP contribution in [-0.2, 0) is 16.0 Å². The third kappa shape index (κ3) is 3.74. The van der Waals surface area contributed by atoms with E-state index in [-0.39, 0.29) is 29.7 Å². The number of carbonyl (C=O) groups is 3. The molecule has 2 aromatic carbocycles. The van der Waals surface area contributed by atoms with Crippen LogP contribution in [0.4, 0.5) is 5.69 Å². The second-order valence-corrected chi connectivity index (χ2v) is 11.4. The topological polar surface area (TPSA) is 165 Å². The van der Waals surface area contributed by atoms with Crippen molar-refractivity contribution in [3.05, 3.63) is 69.1 Å². The Morgan fingerprint density at radius 1 is 1.07 bits per heavy atom. The molecule has 4 atom stereocenters. The number of likely N-dealkylation sites (N-methyl/N-ethyl adjacent to an activating group) is 1. The van der Waals surface area contributed by atoms with Gasteiger partial charge in [0, 0.05) is 41.9 Å². The fourth-order valence-electron chi connectivity index (χ4n) is 6.55. The molecule has 3 aliphatic rings. The number of nitrogens with zero attached hydrogens (tertiary/aromatic N) is 2. The highest BCUT2D eigenvalue weighted by Crippen LogP contribution is 2.54. The van der Waals surface area contributed by atoms with Crippen LogP contribution in [-0.4, -0.2) is 82.6 Å². The van der Waals surface area contributed by atoms with Crippen molar-refractivity contribution in [2.24, 2.45) is 17.6 Å². The fraction of sp³-hybridized carbons (Fsp3) is 0.345. The summed E-state index contributed by atoms with van der Waals surface area (Å²) in [5.74, 6) is -6.80. The second kappa shape index (κ2) is 9.36. The molecule has 0 fully saturated rings. The Kier molecular flexibility index (Phi) is 6.48. The van der Waals surface area contributed by atoms with Gasteiger partial charge < -0.3 is 31.1 Å². The van der Waals surface area contributed by atoms with E-state index in [9.17, 15) is 34.8 Å². The van der Waals surface area contributed by atoms with E-state index in [0.717, 1.165) is 0 Å². The summed E-state index contributed by atoms with van der Waals surface area (Å²) in [7, 11) is 6.80. The van der Waals surface area contributed by atoms with Crippen LogP contribution >= 0.6 is 11.6 Å². The van der Waals surface area contributed by atoms with Crippen LogP contribution in [0.15, 0.2) is 53.0 Å². The number of allylic oxidation sites excluding steroid dienone is 1. The molecule has 1 amide bonds. The quantitative estimate of drug-likeness (QED) is 0.349. The monoisotopic (exact) mass is 567 g/mol. The zero-order chi connectivity index (χ0) is 29.4. The minimum absolute atomic E-state index is 0.0261. The third-order valence-electron chi connectivity index (χ3n) is 8.34. The maximum atomic E-state index is 14.1. The number of hydrogen-bond acceptors (Lipinski definition) is 9. The number of amides is 1. The van der Waals surface area contributed by atoms with Crippen molar-refractivity contribution >= 4 is 34.8 Å². The molecule has 0 unspecified atom stereocenters. The van der Waals surface area contributed by atoms with Crippen LogP contribution in [0, 0.1) is 11.8 Å². The molecule has 0 saturated carbocycles. The lowest BCUT2D eigenvalue weighted by Crippen LogP contribution is -2.63. The number of phenols is 1. The summed E-state index contributed by atoms with van der Waals surface area (Å²) in [6.07, 6.45) is 0.231. The molecule has 210 valence electrons. The van der Waals surface area contributed by atoms with Gasteiger partial charge in [0.05, 0.1) is 11.6 Å². The molecule has 5 rings (SSSR count). The van der Waals surface area contributed by atoms with E-state index in [1.165, 1.54) is 4.90 Å². The molecule has 3 aliphatic carbocycles. The van der Waals surface area contributed by atoms with Gasteiger partial charge >= 0.3 is 0 Å². The predicted octanol–water partition coefficient (Wildman–Crippen LogP) is 2.51. The highest BCUT2D eigenvalue weighted by Gasteiger charge is 2.63. The number of fused-ring (bicyclic) bond motifs is 3. The van der Waals surface area contributed by atoms with Crippen molar-refractivity contribution in [3.8, 4) is 16.9 Å². The first-order valence-electron chi connectivity index (χ1n) is 12.7. The van der Waals surface area contributed by atoms with Crippen molar-refractivity contribution in [2.45, 2.75) is 24.5 Å². The number of aromatic hydroxyl groups is 1. The highest BCUT2D eigenvalue weighted by molar-refractivity contribution is 6.30. The van der Waals surface area contributed by atoms with Gasteiger partial charge in [-0.05, 0) is 62.2 Å². The number of nitrogens with two attached hydrogens (primary N) is 1. The maximum absolute atomic E-state index is 14.1. The minimum atomic E-state index is -2.68. The lowest BCUT2D eigenvalue weighted by Gasteiger charge is -2.50. The number of anilines is 1. The number of halogens is 1. The Bertz CT molecular complexity index is 1540. The van der Waals surface area contributed by atoms with Crippen LogP contribution < -0.4 is 10.6 Å². The van der Waals surface area contributed by atoms with Crippen molar-refractivity contribution in [1.82, 2.24) is 4.90 Å². The Morgan fingerprint density at radius 3 is 2.25 bits per heavy atom. The van der Waals surface area contributed by atoms with Gasteiger partial charge in [0.2, 0.25) is 5.78 Å². The van der Waals surface area contributed by atoms with Crippen LogP contribution in [0.25, 0.3) is 11.1 Å². The Balaban J connectivity index is 1.75. The first kappa shape index (κ1) is 27.7. The molecule has 11 heteroatoms. The molecule has 0 heterocycles. The predicted molar refractivity (Wildman–Crippen MR) is 148 cm³/mol. The van der Waals surface area contributed by atoms with Gasteiger partial charge in [-0.3, -0.25) is 19.3 Å². The number of aliphatic hydroxyl groups excluding tert-OH is 2. The van der Waals surface area contributed by atoms with Crippen LogP contribution in [0.5, 0.6) is 5.75 Å². The lowest BCUT2D eigenvalue weighted by atomic mass is 9.58. The standard InChI is InChI=1S/C29H30ClN3O7/c1-32(2)18-11-15(12-5-7-14(30)8-6-12)23(34)20-16(18)9-13-10-17-22(33(3)4)25(36)21(28(31)39)27(38)29(17,40)26(37)19(13)24(20)35/h5-8,11,13,17,22,34,36-37,40H,9-10H2,1-4H3,(H2,31,39)/t13-,17-,22-,29-/m1/s1. The zero-order valence-electron chi connectivity index (χ0n) is 22.4. The number of carbonyl (C=O) groups excluding carboxylic acids is 3. The average molecular weight is 568 g/mol. The van der Waals surface area contributed by atoms with Gasteiger partial charge in [0.25, 0.3) is 5.91 Å². The van der Waals surface area contributed by atoms with Gasteiger partial charge in [-0.25, -0.2) is 0 Å². The SMILES string of the molecule is CN(C)c1cc(-c2ccc(Cl)cc2)c(O)c2c1C[C@@H]1C[C@@H]3[C@@H](N(C)C)C(O)=C(C(N)=O)C(=O)[C@]3(O)C(O)=C1C2=O. The number of phenolic OH excluding ortho intramolecular Hbond substituents is 1. The fourth-order valence-corrected chi connectivity index (χ4v) is 6.67. The molecule has 0 spiro atoms. The van der Waals surface area contributed by atoms with E-state index < -0.39 is 58.0 Å². The van der Waals surface area contributed by atoms with Gasteiger partial charge in [-0.2, -0.15) is 0 Å².